The van der Waals surface area contributed by atoms with Crippen molar-refractivity contribution in [3.05, 3.63) is 65.1 Å². The number of para-hydroxylation sites is 1. The molecule has 5 heteroatoms. The van der Waals surface area contributed by atoms with E-state index < -0.39 is 5.54 Å². The van der Waals surface area contributed by atoms with Crippen molar-refractivity contribution in [3.8, 4) is 5.69 Å². The molecule has 116 valence electrons. The highest BCUT2D eigenvalue weighted by atomic mass is 16.2. The van der Waals surface area contributed by atoms with Crippen LogP contribution in [0.15, 0.2) is 59.4 Å². The van der Waals surface area contributed by atoms with Crippen molar-refractivity contribution in [1.29, 1.82) is 0 Å². The first-order valence-electron chi connectivity index (χ1n) is 7.36. The number of hydrogen-bond acceptors (Lipinski definition) is 3. The second-order valence-corrected chi connectivity index (χ2v) is 5.80. The lowest BCUT2D eigenvalue weighted by molar-refractivity contribution is 0.328. The Morgan fingerprint density at radius 3 is 2.55 bits per heavy atom. The second-order valence-electron chi connectivity index (χ2n) is 5.80. The lowest BCUT2D eigenvalue weighted by atomic mass is 9.95. The Balaban J connectivity index is 2.35. The predicted octanol–water partition coefficient (Wildman–Crippen LogP) is 3.08. The van der Waals surface area contributed by atoms with Gasteiger partial charge in [0.05, 0.1) is 11.2 Å². The fourth-order valence-electron chi connectivity index (χ4n) is 2.25. The van der Waals surface area contributed by atoms with E-state index in [9.17, 15) is 4.79 Å². The summed E-state index contributed by atoms with van der Waals surface area (Å²) in [5.74, 6) is 0. The highest BCUT2D eigenvalue weighted by Gasteiger charge is 2.27. The largest absolute Gasteiger partial charge is 0.369 e. The molecular weight excluding hydrogens is 276 g/mol. The van der Waals surface area contributed by atoms with Crippen LogP contribution in [0, 0.1) is 0 Å². The summed E-state index contributed by atoms with van der Waals surface area (Å²) in [6, 6.07) is 9.28. The summed E-state index contributed by atoms with van der Waals surface area (Å²) in [6.45, 7) is 9.94. The van der Waals surface area contributed by atoms with Crippen molar-refractivity contribution in [1.82, 2.24) is 19.8 Å². The van der Waals surface area contributed by atoms with Crippen LogP contribution in [0.5, 0.6) is 0 Å². The van der Waals surface area contributed by atoms with Gasteiger partial charge in [-0.15, -0.1) is 6.58 Å². The highest BCUT2D eigenvalue weighted by Crippen LogP contribution is 2.21. The molecule has 0 saturated carbocycles. The molecule has 1 atom stereocenters. The Kier molecular flexibility index (Phi) is 4.75. The van der Waals surface area contributed by atoms with Crippen molar-refractivity contribution in [2.24, 2.45) is 0 Å². The van der Waals surface area contributed by atoms with Crippen LogP contribution in [-0.4, -0.2) is 19.8 Å². The zero-order chi connectivity index (χ0) is 16.2. The van der Waals surface area contributed by atoms with Crippen LogP contribution in [0.2, 0.25) is 0 Å². The number of allylic oxidation sites excluding steroid dienone is 3. The van der Waals surface area contributed by atoms with Gasteiger partial charge in [-0.2, -0.15) is 9.36 Å². The van der Waals surface area contributed by atoms with Gasteiger partial charge < -0.3 is 0 Å². The molecule has 0 aliphatic heterocycles. The van der Waals surface area contributed by atoms with E-state index in [1.54, 1.807) is 6.08 Å². The number of rotatable bonds is 6. The van der Waals surface area contributed by atoms with Gasteiger partial charge in [-0.3, -0.25) is 0 Å². The summed E-state index contributed by atoms with van der Waals surface area (Å²) in [5.41, 5.74) is 1.14. The molecule has 1 unspecified atom stereocenters. The molecule has 0 fully saturated rings. The van der Waals surface area contributed by atoms with Gasteiger partial charge in [0.15, 0.2) is 0 Å². The topological polar surface area (TPSA) is 52.7 Å². The van der Waals surface area contributed by atoms with Gasteiger partial charge in [0, 0.05) is 0 Å². The predicted molar refractivity (Wildman–Crippen MR) is 88.1 cm³/mol. The first-order valence-corrected chi connectivity index (χ1v) is 7.36. The molecule has 2 rings (SSSR count). The molecule has 0 bridgehead atoms. The molecule has 5 nitrogen and oxygen atoms in total. The van der Waals surface area contributed by atoms with Crippen LogP contribution in [0.4, 0.5) is 0 Å². The molecule has 0 saturated heterocycles. The SMILES string of the molecule is C=CC(C)(CCC=C(C)C)n1nnn(-c2ccccc2)c1=O. The smallest absolute Gasteiger partial charge is 0.244 e. The minimum atomic E-state index is -0.559. The monoisotopic (exact) mass is 298 g/mol. The molecule has 2 aromatic rings. The molecule has 1 aromatic carbocycles. The number of hydrogen-bond donors (Lipinski definition) is 0. The van der Waals surface area contributed by atoms with Crippen molar-refractivity contribution in [2.45, 2.75) is 39.2 Å². The van der Waals surface area contributed by atoms with Crippen LogP contribution in [-0.2, 0) is 5.54 Å². The highest BCUT2D eigenvalue weighted by molar-refractivity contribution is 5.29. The van der Waals surface area contributed by atoms with Gasteiger partial charge in [0.1, 0.15) is 0 Å². The molecule has 0 spiro atoms. The van der Waals surface area contributed by atoms with E-state index in [2.05, 4.69) is 36.9 Å². The molecule has 1 aromatic heterocycles. The zero-order valence-corrected chi connectivity index (χ0v) is 13.4. The molecule has 0 radical (unpaired) electrons. The van der Waals surface area contributed by atoms with Crippen LogP contribution >= 0.6 is 0 Å². The summed E-state index contributed by atoms with van der Waals surface area (Å²) < 4.78 is 2.72. The maximum atomic E-state index is 12.6. The quantitative estimate of drug-likeness (QED) is 0.770. The lowest BCUT2D eigenvalue weighted by Gasteiger charge is -2.23. The summed E-state index contributed by atoms with van der Waals surface area (Å²) in [5, 5.41) is 8.06. The number of aromatic nitrogens is 4. The Morgan fingerprint density at radius 1 is 1.27 bits per heavy atom. The van der Waals surface area contributed by atoms with E-state index >= 15 is 0 Å². The van der Waals surface area contributed by atoms with E-state index in [4.69, 9.17) is 0 Å². The van der Waals surface area contributed by atoms with E-state index in [1.165, 1.54) is 14.9 Å². The zero-order valence-electron chi connectivity index (χ0n) is 13.4. The summed E-state index contributed by atoms with van der Waals surface area (Å²) in [6.07, 6.45) is 5.51. The minimum Gasteiger partial charge on any atom is -0.244 e. The molecule has 0 aliphatic carbocycles. The summed E-state index contributed by atoms with van der Waals surface area (Å²) in [4.78, 5) is 12.6. The minimum absolute atomic E-state index is 0.259. The van der Waals surface area contributed by atoms with E-state index in [0.29, 0.717) is 5.69 Å². The van der Waals surface area contributed by atoms with Gasteiger partial charge in [-0.1, -0.05) is 35.9 Å². The van der Waals surface area contributed by atoms with E-state index in [0.717, 1.165) is 12.8 Å². The maximum Gasteiger partial charge on any atom is 0.369 e. The summed E-state index contributed by atoms with van der Waals surface area (Å²) >= 11 is 0. The second kappa shape index (κ2) is 6.56. The Morgan fingerprint density at radius 2 is 1.95 bits per heavy atom. The third kappa shape index (κ3) is 3.24. The average Bonchev–Trinajstić information content (AvgIpc) is 2.90. The molecule has 0 N–H and O–H groups in total. The normalized spacial score (nSPS) is 13.4. The van der Waals surface area contributed by atoms with Gasteiger partial charge in [0.25, 0.3) is 0 Å². The van der Waals surface area contributed by atoms with Gasteiger partial charge >= 0.3 is 5.69 Å². The standard InChI is InChI=1S/C17H22N4O/c1-5-17(4,13-9-10-14(2)3)21-16(22)20(18-19-21)15-11-7-6-8-12-15/h5-8,10-12H,1,9,13H2,2-4H3. The molecule has 0 amide bonds. The van der Waals surface area contributed by atoms with Crippen LogP contribution in [0.3, 0.4) is 0 Å². The molecular formula is C17H22N4O. The van der Waals surface area contributed by atoms with Crippen molar-refractivity contribution < 1.29 is 0 Å². The number of benzene rings is 1. The Bertz CT molecular complexity index is 723. The van der Waals surface area contributed by atoms with Gasteiger partial charge in [-0.25, -0.2) is 4.79 Å². The number of nitrogens with zero attached hydrogens (tertiary/aromatic N) is 4. The fourth-order valence-corrected chi connectivity index (χ4v) is 2.25. The van der Waals surface area contributed by atoms with Crippen LogP contribution < -0.4 is 5.69 Å². The first-order chi connectivity index (χ1) is 10.5. The lowest BCUT2D eigenvalue weighted by Crippen LogP contribution is -2.38. The van der Waals surface area contributed by atoms with Crippen LogP contribution in [0.25, 0.3) is 5.69 Å². The average molecular weight is 298 g/mol. The Hall–Kier alpha value is -2.43. The number of tetrazole rings is 1. The van der Waals surface area contributed by atoms with E-state index in [1.807, 2.05) is 37.3 Å². The van der Waals surface area contributed by atoms with E-state index in [-0.39, 0.29) is 5.69 Å². The van der Waals surface area contributed by atoms with Gasteiger partial charge in [0.2, 0.25) is 0 Å². The van der Waals surface area contributed by atoms with Crippen molar-refractivity contribution in [2.75, 3.05) is 0 Å². The van der Waals surface area contributed by atoms with Crippen LogP contribution in [0.1, 0.15) is 33.6 Å². The summed E-state index contributed by atoms with van der Waals surface area (Å²) in [7, 11) is 0. The Labute approximate surface area is 130 Å². The fraction of sp³-hybridized carbons (Fsp3) is 0.353. The maximum absolute atomic E-state index is 12.6. The first kappa shape index (κ1) is 15.9. The molecule has 0 aliphatic rings. The van der Waals surface area contributed by atoms with Gasteiger partial charge in [-0.05, 0) is 56.2 Å². The third-order valence-electron chi connectivity index (χ3n) is 3.71. The van der Waals surface area contributed by atoms with Crippen molar-refractivity contribution >= 4 is 0 Å². The van der Waals surface area contributed by atoms with Crippen molar-refractivity contribution in [3.63, 3.8) is 0 Å². The molecule has 22 heavy (non-hydrogen) atoms. The molecule has 1 heterocycles. The third-order valence-corrected chi connectivity index (χ3v) is 3.71.